The molecule has 24 heavy (non-hydrogen) atoms. The van der Waals surface area contributed by atoms with E-state index in [2.05, 4.69) is 9.97 Å². The zero-order chi connectivity index (χ0) is 17.3. The standard InChI is InChI=1S/C16H12FN4O2S/c17-13-7-10(11-3-1-2-4-15(11)24(19,22)23)5-6-12(13)14-8-21-16(18)9-20-14/h1-9H,(H3-,18,19,21,22,23)/q-1. The van der Waals surface area contributed by atoms with E-state index in [4.69, 9.17) is 10.9 Å². The lowest BCUT2D eigenvalue weighted by Crippen LogP contribution is -1.97. The third-order valence-corrected chi connectivity index (χ3v) is 4.34. The Morgan fingerprint density at radius 1 is 1.00 bits per heavy atom. The van der Waals surface area contributed by atoms with E-state index < -0.39 is 15.8 Å². The van der Waals surface area contributed by atoms with Crippen molar-refractivity contribution in [2.45, 2.75) is 4.90 Å². The van der Waals surface area contributed by atoms with Gasteiger partial charge in [-0.3, -0.25) is 4.98 Å². The van der Waals surface area contributed by atoms with E-state index in [0.717, 1.165) is 0 Å². The lowest BCUT2D eigenvalue weighted by Gasteiger charge is -2.13. The van der Waals surface area contributed by atoms with E-state index >= 15 is 0 Å². The number of hydrogen-bond acceptors (Lipinski definition) is 5. The quantitative estimate of drug-likeness (QED) is 0.785. The Kier molecular flexibility index (Phi) is 4.00. The minimum Gasteiger partial charge on any atom is -0.560 e. The van der Waals surface area contributed by atoms with Gasteiger partial charge in [-0.05, 0) is 29.3 Å². The largest absolute Gasteiger partial charge is 0.560 e. The lowest BCUT2D eigenvalue weighted by molar-refractivity contribution is 0.605. The first kappa shape index (κ1) is 16.0. The summed E-state index contributed by atoms with van der Waals surface area (Å²) in [6.45, 7) is 0. The number of halogens is 1. The smallest absolute Gasteiger partial charge is 0.141 e. The minimum absolute atomic E-state index is 0.176. The van der Waals surface area contributed by atoms with Gasteiger partial charge < -0.3 is 10.9 Å². The molecule has 8 heteroatoms. The van der Waals surface area contributed by atoms with Crippen LogP contribution in [-0.4, -0.2) is 18.4 Å². The maximum atomic E-state index is 14.5. The monoisotopic (exact) mass is 343 g/mol. The molecule has 0 atom stereocenters. The molecule has 0 aliphatic heterocycles. The van der Waals surface area contributed by atoms with Gasteiger partial charge in [0.25, 0.3) is 0 Å². The van der Waals surface area contributed by atoms with Gasteiger partial charge in [0, 0.05) is 5.56 Å². The SMILES string of the molecule is [NH-]S(=O)(=O)c1ccccc1-c1ccc(-c2cnc(N)cn2)c(F)c1. The van der Waals surface area contributed by atoms with Gasteiger partial charge >= 0.3 is 0 Å². The number of nitrogens with two attached hydrogens (primary N) is 1. The molecule has 6 nitrogen and oxygen atoms in total. The number of hydrogen-bond donors (Lipinski definition) is 1. The van der Waals surface area contributed by atoms with E-state index in [9.17, 15) is 12.8 Å². The van der Waals surface area contributed by atoms with Gasteiger partial charge in [0.15, 0.2) is 0 Å². The number of anilines is 1. The molecule has 3 aromatic rings. The molecule has 0 radical (unpaired) electrons. The Bertz CT molecular complexity index is 1000. The van der Waals surface area contributed by atoms with Crippen molar-refractivity contribution in [2.75, 3.05) is 5.73 Å². The van der Waals surface area contributed by atoms with Gasteiger partial charge in [0.2, 0.25) is 0 Å². The number of nitrogens with zero attached hydrogens (tertiary/aromatic N) is 2. The fraction of sp³-hybridized carbons (Fsp3) is 0. The van der Waals surface area contributed by atoms with Gasteiger partial charge in [-0.2, -0.15) is 0 Å². The molecule has 2 aromatic carbocycles. The molecule has 0 spiro atoms. The van der Waals surface area contributed by atoms with Crippen LogP contribution < -0.4 is 5.73 Å². The van der Waals surface area contributed by atoms with Crippen LogP contribution in [0.1, 0.15) is 0 Å². The van der Waals surface area contributed by atoms with Crippen LogP contribution in [0.4, 0.5) is 10.2 Å². The molecule has 0 bridgehead atoms. The van der Waals surface area contributed by atoms with Gasteiger partial charge in [-0.15, -0.1) is 0 Å². The summed E-state index contributed by atoms with van der Waals surface area (Å²) < 4.78 is 37.6. The molecular weight excluding hydrogens is 331 g/mol. The first-order chi connectivity index (χ1) is 11.4. The fourth-order valence-corrected chi connectivity index (χ4v) is 3.04. The summed E-state index contributed by atoms with van der Waals surface area (Å²) in [7, 11) is -4.17. The molecule has 0 amide bonds. The second kappa shape index (κ2) is 5.99. The molecule has 0 fully saturated rings. The molecule has 1 heterocycles. The number of aromatic nitrogens is 2. The molecule has 0 saturated carbocycles. The Balaban J connectivity index is 2.10. The Morgan fingerprint density at radius 3 is 2.38 bits per heavy atom. The van der Waals surface area contributed by atoms with Crippen LogP contribution in [0.25, 0.3) is 27.5 Å². The summed E-state index contributed by atoms with van der Waals surface area (Å²) in [4.78, 5) is 7.71. The van der Waals surface area contributed by atoms with Crippen molar-refractivity contribution in [3.63, 3.8) is 0 Å². The summed E-state index contributed by atoms with van der Waals surface area (Å²) >= 11 is 0. The molecular formula is C16H12FN4O2S-. The summed E-state index contributed by atoms with van der Waals surface area (Å²) in [5, 5.41) is 7.26. The zero-order valence-electron chi connectivity index (χ0n) is 12.3. The molecule has 1 aromatic heterocycles. The third kappa shape index (κ3) is 3.10. The van der Waals surface area contributed by atoms with Crippen LogP contribution in [0.5, 0.6) is 0 Å². The van der Waals surface area contributed by atoms with E-state index in [0.29, 0.717) is 11.3 Å². The fourth-order valence-electron chi connectivity index (χ4n) is 2.31. The van der Waals surface area contributed by atoms with E-state index in [1.54, 1.807) is 12.1 Å². The third-order valence-electron chi connectivity index (χ3n) is 3.40. The van der Waals surface area contributed by atoms with E-state index in [-0.39, 0.29) is 21.8 Å². The van der Waals surface area contributed by atoms with Gasteiger partial charge in [0.05, 0.1) is 33.0 Å². The Hall–Kier alpha value is -2.84. The van der Waals surface area contributed by atoms with Crippen LogP contribution in [0, 0.1) is 5.82 Å². The Morgan fingerprint density at radius 2 is 1.75 bits per heavy atom. The second-order valence-electron chi connectivity index (χ2n) is 5.02. The second-order valence-corrected chi connectivity index (χ2v) is 6.47. The number of benzene rings is 2. The molecule has 0 unspecified atom stereocenters. The number of sulfonamides is 1. The minimum atomic E-state index is -4.17. The Labute approximate surface area is 138 Å². The highest BCUT2D eigenvalue weighted by atomic mass is 32.2. The van der Waals surface area contributed by atoms with Crippen LogP contribution in [0.3, 0.4) is 0 Å². The number of nitrogens with one attached hydrogen (secondary N) is 1. The molecule has 3 rings (SSSR count). The van der Waals surface area contributed by atoms with Crippen molar-refractivity contribution < 1.29 is 12.8 Å². The highest BCUT2D eigenvalue weighted by Crippen LogP contribution is 2.31. The highest BCUT2D eigenvalue weighted by molar-refractivity contribution is 7.93. The van der Waals surface area contributed by atoms with Crippen LogP contribution in [-0.2, 0) is 10.0 Å². The number of nitrogen functional groups attached to an aromatic ring is 1. The van der Waals surface area contributed by atoms with Gasteiger partial charge in [0.1, 0.15) is 11.6 Å². The van der Waals surface area contributed by atoms with E-state index in [1.807, 2.05) is 0 Å². The first-order valence-electron chi connectivity index (χ1n) is 6.83. The van der Waals surface area contributed by atoms with Crippen molar-refractivity contribution in [1.82, 2.24) is 9.97 Å². The van der Waals surface area contributed by atoms with Gasteiger partial charge in [-0.25, -0.2) is 17.8 Å². The van der Waals surface area contributed by atoms with E-state index in [1.165, 1.54) is 42.7 Å². The maximum absolute atomic E-state index is 14.5. The molecule has 0 saturated heterocycles. The van der Waals surface area contributed by atoms with Crippen molar-refractivity contribution >= 4 is 15.8 Å². The summed E-state index contributed by atoms with van der Waals surface area (Å²) in [5.41, 5.74) is 6.61. The van der Waals surface area contributed by atoms with Crippen molar-refractivity contribution in [3.8, 4) is 22.4 Å². The molecule has 0 aliphatic carbocycles. The van der Waals surface area contributed by atoms with Crippen LogP contribution in [0.2, 0.25) is 0 Å². The lowest BCUT2D eigenvalue weighted by atomic mass is 10.0. The predicted molar refractivity (Wildman–Crippen MR) is 88.8 cm³/mol. The van der Waals surface area contributed by atoms with Gasteiger partial charge in [-0.1, -0.05) is 24.3 Å². The van der Waals surface area contributed by atoms with Crippen molar-refractivity contribution in [2.24, 2.45) is 0 Å². The maximum Gasteiger partial charge on any atom is 0.141 e. The zero-order valence-corrected chi connectivity index (χ0v) is 13.1. The molecule has 0 aliphatic rings. The summed E-state index contributed by atoms with van der Waals surface area (Å²) in [5.74, 6) is -0.353. The average Bonchev–Trinajstić information content (AvgIpc) is 2.55. The summed E-state index contributed by atoms with van der Waals surface area (Å²) in [6, 6.07) is 10.2. The molecule has 3 N–H and O–H groups in total. The molecule has 122 valence electrons. The topological polar surface area (TPSA) is 110 Å². The average molecular weight is 343 g/mol. The van der Waals surface area contributed by atoms with Crippen LogP contribution >= 0.6 is 0 Å². The summed E-state index contributed by atoms with van der Waals surface area (Å²) in [6.07, 6.45) is 2.68. The van der Waals surface area contributed by atoms with Crippen LogP contribution in [0.15, 0.2) is 59.8 Å². The number of rotatable bonds is 3. The van der Waals surface area contributed by atoms with Crippen molar-refractivity contribution in [3.05, 3.63) is 65.8 Å². The predicted octanol–water partition coefficient (Wildman–Crippen LogP) is 3.27. The first-order valence-corrected chi connectivity index (χ1v) is 8.31. The normalized spacial score (nSPS) is 11.4. The highest BCUT2D eigenvalue weighted by Gasteiger charge is 2.13. The van der Waals surface area contributed by atoms with Crippen molar-refractivity contribution in [1.29, 1.82) is 0 Å².